The van der Waals surface area contributed by atoms with Crippen molar-refractivity contribution >= 4 is 24.0 Å². The predicted molar refractivity (Wildman–Crippen MR) is 161 cm³/mol. The first-order valence-corrected chi connectivity index (χ1v) is 14.7. The highest BCUT2D eigenvalue weighted by molar-refractivity contribution is 5.93. The van der Waals surface area contributed by atoms with Crippen molar-refractivity contribution in [1.29, 1.82) is 0 Å². The number of amides is 2. The van der Waals surface area contributed by atoms with Crippen molar-refractivity contribution in [3.63, 3.8) is 0 Å². The number of carbonyl (C=O) groups is 2. The molecule has 0 saturated heterocycles. The summed E-state index contributed by atoms with van der Waals surface area (Å²) in [5.74, 6) is 0.459. The lowest BCUT2D eigenvalue weighted by Gasteiger charge is -2.32. The topological polar surface area (TPSA) is 110 Å². The van der Waals surface area contributed by atoms with Gasteiger partial charge in [0, 0.05) is 25.2 Å². The molecule has 0 aliphatic heterocycles. The first-order valence-electron chi connectivity index (χ1n) is 14.7. The zero-order valence-corrected chi connectivity index (χ0v) is 25.4. The summed E-state index contributed by atoms with van der Waals surface area (Å²) in [5, 5.41) is 13.5. The highest BCUT2D eigenvalue weighted by atomic mass is 16.5. The van der Waals surface area contributed by atoms with Crippen LogP contribution in [0.1, 0.15) is 119 Å². The van der Waals surface area contributed by atoms with Gasteiger partial charge in [-0.05, 0) is 92.9 Å². The molecule has 0 radical (unpaired) electrons. The molecule has 0 fully saturated rings. The average Bonchev–Trinajstić information content (AvgIpc) is 3.57. The number of hydrogen-bond donors (Lipinski definition) is 2. The van der Waals surface area contributed by atoms with Crippen LogP contribution in [-0.4, -0.2) is 35.2 Å². The van der Waals surface area contributed by atoms with E-state index in [0.717, 1.165) is 25.7 Å². The number of hydrogen-bond acceptors (Lipinski definition) is 6. The lowest BCUT2D eigenvalue weighted by molar-refractivity contribution is 0.0942. The summed E-state index contributed by atoms with van der Waals surface area (Å²) < 4.78 is 10.7. The van der Waals surface area contributed by atoms with Gasteiger partial charge in [0.15, 0.2) is 22.9 Å². The number of allylic oxidation sites excluding steroid dienone is 6. The van der Waals surface area contributed by atoms with E-state index in [1.807, 2.05) is 12.2 Å². The van der Waals surface area contributed by atoms with E-state index in [0.29, 0.717) is 31.0 Å². The third-order valence-electron chi connectivity index (χ3n) is 8.36. The van der Waals surface area contributed by atoms with Gasteiger partial charge in [-0.3, -0.25) is 9.59 Å². The molecule has 0 aromatic carbocycles. The second-order valence-electron chi connectivity index (χ2n) is 12.6. The second kappa shape index (κ2) is 12.9. The van der Waals surface area contributed by atoms with Gasteiger partial charge in [0.2, 0.25) is 0 Å². The number of nitrogens with zero attached hydrogens (tertiary/aromatic N) is 2. The fourth-order valence-corrected chi connectivity index (χ4v) is 5.97. The number of aromatic nitrogens is 2. The molecule has 2 aromatic heterocycles. The molecule has 2 amide bonds. The van der Waals surface area contributed by atoms with Crippen LogP contribution >= 0.6 is 0 Å². The van der Waals surface area contributed by atoms with Gasteiger partial charge in [0.25, 0.3) is 11.8 Å². The van der Waals surface area contributed by atoms with Crippen LogP contribution in [-0.2, 0) is 0 Å². The van der Waals surface area contributed by atoms with Crippen LogP contribution in [0.5, 0.6) is 0 Å². The molecule has 0 atom stereocenters. The smallest absolute Gasteiger partial charge is 0.273 e. The zero-order valence-electron chi connectivity index (χ0n) is 25.4. The molecule has 220 valence electrons. The minimum absolute atomic E-state index is 0.130. The van der Waals surface area contributed by atoms with Crippen LogP contribution in [0.2, 0.25) is 0 Å². The van der Waals surface area contributed by atoms with Crippen molar-refractivity contribution in [3.8, 4) is 0 Å². The molecule has 4 rings (SSSR count). The van der Waals surface area contributed by atoms with E-state index in [4.69, 9.17) is 9.05 Å². The van der Waals surface area contributed by atoms with E-state index in [9.17, 15) is 9.59 Å². The first kappa shape index (κ1) is 30.3. The van der Waals surface area contributed by atoms with Gasteiger partial charge >= 0.3 is 0 Å². The molecule has 0 spiro atoms. The normalized spacial score (nSPS) is 18.9. The summed E-state index contributed by atoms with van der Waals surface area (Å²) in [6.07, 6.45) is 15.4. The lowest BCUT2D eigenvalue weighted by atomic mass is 9.72. The van der Waals surface area contributed by atoms with Gasteiger partial charge in [0.05, 0.1) is 0 Å². The Morgan fingerprint density at radius 2 is 1.17 bits per heavy atom. The largest absolute Gasteiger partial charge is 0.356 e. The Kier molecular flexibility index (Phi) is 9.51. The minimum Gasteiger partial charge on any atom is -0.356 e. The highest BCUT2D eigenvalue weighted by Crippen LogP contribution is 2.42. The van der Waals surface area contributed by atoms with Gasteiger partial charge < -0.3 is 19.7 Å². The fraction of sp³-hybridized carbons (Fsp3) is 0.515. The molecule has 0 bridgehead atoms. The Bertz CT molecular complexity index is 1280. The third-order valence-corrected chi connectivity index (χ3v) is 8.36. The summed E-state index contributed by atoms with van der Waals surface area (Å²) >= 11 is 0. The molecule has 8 heteroatoms. The number of rotatable bonds is 10. The maximum atomic E-state index is 12.5. The molecule has 2 N–H and O–H groups in total. The third kappa shape index (κ3) is 7.75. The summed E-state index contributed by atoms with van der Waals surface area (Å²) in [6.45, 7) is 14.2. The van der Waals surface area contributed by atoms with Gasteiger partial charge in [-0.15, -0.1) is 0 Å². The first-order chi connectivity index (χ1) is 19.5. The maximum Gasteiger partial charge on any atom is 0.273 e. The molecule has 0 unspecified atom stereocenters. The van der Waals surface area contributed by atoms with Gasteiger partial charge in [-0.2, -0.15) is 0 Å². The van der Waals surface area contributed by atoms with Gasteiger partial charge in [-0.25, -0.2) is 0 Å². The van der Waals surface area contributed by atoms with Crippen molar-refractivity contribution < 1.29 is 18.6 Å². The molecule has 0 saturated carbocycles. The monoisotopic (exact) mass is 560 g/mol. The van der Waals surface area contributed by atoms with Crippen molar-refractivity contribution in [2.75, 3.05) is 13.1 Å². The van der Waals surface area contributed by atoms with E-state index in [2.05, 4.69) is 74.6 Å². The molecular formula is C33H44N4O4. The number of nitrogens with one attached hydrogen (secondary N) is 2. The molecule has 2 aliphatic carbocycles. The van der Waals surface area contributed by atoms with E-state index in [-0.39, 0.29) is 34.0 Å². The van der Waals surface area contributed by atoms with Crippen molar-refractivity contribution in [2.45, 2.75) is 86.5 Å². The maximum absolute atomic E-state index is 12.5. The Labute approximate surface area is 243 Å². The van der Waals surface area contributed by atoms with Gasteiger partial charge in [0.1, 0.15) is 0 Å². The second-order valence-corrected chi connectivity index (χ2v) is 12.6. The van der Waals surface area contributed by atoms with Crippen molar-refractivity contribution in [2.24, 2.45) is 10.8 Å². The van der Waals surface area contributed by atoms with Crippen LogP contribution in [0.3, 0.4) is 0 Å². The Balaban J connectivity index is 1.20. The summed E-state index contributed by atoms with van der Waals surface area (Å²) in [4.78, 5) is 25.0. The Morgan fingerprint density at radius 1 is 0.756 bits per heavy atom. The fourth-order valence-electron chi connectivity index (χ4n) is 5.97. The molecule has 2 aliphatic rings. The molecule has 2 aromatic rings. The van der Waals surface area contributed by atoms with Gasteiger partial charge in [-0.1, -0.05) is 61.3 Å². The summed E-state index contributed by atoms with van der Waals surface area (Å²) in [5.41, 5.74) is 6.16. The molecule has 8 nitrogen and oxygen atoms in total. The van der Waals surface area contributed by atoms with E-state index in [1.165, 1.54) is 35.1 Å². The highest BCUT2D eigenvalue weighted by Gasteiger charge is 2.27. The lowest BCUT2D eigenvalue weighted by Crippen LogP contribution is -2.30. The quantitative estimate of drug-likeness (QED) is 0.295. The Morgan fingerprint density at radius 3 is 1.56 bits per heavy atom. The van der Waals surface area contributed by atoms with Crippen molar-refractivity contribution in [1.82, 2.24) is 20.9 Å². The van der Waals surface area contributed by atoms with E-state index >= 15 is 0 Å². The standard InChI is InChI=1S/C33H44N4O4/c1-22-10-7-16-32(3,4)26(22)14-12-24-20-28(36-40-24)30(38)34-18-9-19-35-31(39)29-21-25(41-37-29)13-15-27-23(2)11-8-17-33(27,5)6/h12-15,20-21H,7-11,16-19H2,1-6H3,(H,34,38)(H,35,39)/b14-12+,15-13+. The molecular weight excluding hydrogens is 516 g/mol. The molecule has 2 heterocycles. The Hall–Kier alpha value is -3.68. The van der Waals surface area contributed by atoms with Crippen LogP contribution < -0.4 is 10.6 Å². The minimum atomic E-state index is -0.312. The van der Waals surface area contributed by atoms with Crippen LogP contribution in [0.4, 0.5) is 0 Å². The SMILES string of the molecule is CC1=C(/C=C/c2cc(C(=O)NCCCNC(=O)c3cc(/C=C/C4=C(C)CCCC4(C)C)on3)no2)C(C)(C)CCC1. The van der Waals surface area contributed by atoms with Crippen LogP contribution in [0.15, 0.2) is 55.6 Å². The average molecular weight is 561 g/mol. The zero-order chi connectivity index (χ0) is 29.6. The van der Waals surface area contributed by atoms with E-state index in [1.54, 1.807) is 12.1 Å². The predicted octanol–water partition coefficient (Wildman–Crippen LogP) is 7.29. The van der Waals surface area contributed by atoms with E-state index < -0.39 is 0 Å². The van der Waals surface area contributed by atoms with Crippen LogP contribution in [0, 0.1) is 10.8 Å². The number of carbonyl (C=O) groups excluding carboxylic acids is 2. The summed E-state index contributed by atoms with van der Waals surface area (Å²) in [7, 11) is 0. The summed E-state index contributed by atoms with van der Waals surface area (Å²) in [6, 6.07) is 3.28. The van der Waals surface area contributed by atoms with Crippen molar-refractivity contribution in [3.05, 3.63) is 69.5 Å². The van der Waals surface area contributed by atoms with Crippen LogP contribution in [0.25, 0.3) is 12.2 Å². The molecule has 41 heavy (non-hydrogen) atoms.